The van der Waals surface area contributed by atoms with E-state index in [0.29, 0.717) is 6.04 Å². The second-order valence-corrected chi connectivity index (χ2v) is 4.63. The first-order valence-electron chi connectivity index (χ1n) is 3.76. The molecule has 2 rings (SSSR count). The molecule has 0 bridgehead atoms. The monoisotopic (exact) mass is 231 g/mol. The van der Waals surface area contributed by atoms with Gasteiger partial charge < -0.3 is 5.32 Å². The fourth-order valence-corrected chi connectivity index (χ4v) is 2.95. The highest BCUT2D eigenvalue weighted by Crippen LogP contribution is 2.35. The van der Waals surface area contributed by atoms with Crippen LogP contribution in [0.4, 0.5) is 0 Å². The molecule has 0 saturated carbocycles. The van der Waals surface area contributed by atoms with Crippen molar-refractivity contribution in [1.82, 2.24) is 5.32 Å². The van der Waals surface area contributed by atoms with Crippen LogP contribution in [0.1, 0.15) is 22.9 Å². The van der Waals surface area contributed by atoms with Crippen molar-refractivity contribution in [3.05, 3.63) is 20.3 Å². The van der Waals surface area contributed by atoms with E-state index in [-0.39, 0.29) is 0 Å². The Morgan fingerprint density at radius 2 is 2.45 bits per heavy atom. The second kappa shape index (κ2) is 2.88. The van der Waals surface area contributed by atoms with Crippen LogP contribution in [0.15, 0.2) is 9.85 Å². The molecular formula is C8H10BrNS. The minimum absolute atomic E-state index is 0.645. The fourth-order valence-electron chi connectivity index (χ4n) is 1.27. The van der Waals surface area contributed by atoms with Crippen molar-refractivity contribution >= 4 is 27.3 Å². The van der Waals surface area contributed by atoms with E-state index in [1.54, 1.807) is 0 Å². The van der Waals surface area contributed by atoms with Gasteiger partial charge in [0.1, 0.15) is 0 Å². The van der Waals surface area contributed by atoms with E-state index in [2.05, 4.69) is 33.6 Å². The van der Waals surface area contributed by atoms with Gasteiger partial charge in [-0.2, -0.15) is 0 Å². The Hall–Kier alpha value is 0.140. The SMILES string of the molecule is Cc1c(Br)csc1[C@H]1CCN1. The maximum Gasteiger partial charge on any atom is 0.0430 e. The van der Waals surface area contributed by atoms with Crippen LogP contribution >= 0.6 is 27.3 Å². The van der Waals surface area contributed by atoms with E-state index in [1.165, 1.54) is 27.9 Å². The molecule has 1 atom stereocenters. The van der Waals surface area contributed by atoms with E-state index < -0.39 is 0 Å². The lowest BCUT2D eigenvalue weighted by Gasteiger charge is -2.27. The molecule has 0 radical (unpaired) electrons. The molecule has 1 N–H and O–H groups in total. The van der Waals surface area contributed by atoms with Crippen molar-refractivity contribution in [2.45, 2.75) is 19.4 Å². The molecule has 1 aliphatic rings. The highest BCUT2D eigenvalue weighted by Gasteiger charge is 2.22. The summed E-state index contributed by atoms with van der Waals surface area (Å²) in [5.41, 5.74) is 1.41. The number of halogens is 1. The lowest BCUT2D eigenvalue weighted by molar-refractivity contribution is 0.388. The zero-order chi connectivity index (χ0) is 7.84. The van der Waals surface area contributed by atoms with Crippen molar-refractivity contribution in [3.8, 4) is 0 Å². The van der Waals surface area contributed by atoms with Crippen LogP contribution in [0.2, 0.25) is 0 Å². The van der Waals surface area contributed by atoms with Crippen molar-refractivity contribution in [3.63, 3.8) is 0 Å². The summed E-state index contributed by atoms with van der Waals surface area (Å²) in [5, 5.41) is 5.58. The zero-order valence-electron chi connectivity index (χ0n) is 6.36. The molecule has 0 aromatic carbocycles. The van der Waals surface area contributed by atoms with Crippen LogP contribution in [-0.2, 0) is 0 Å². The lowest BCUT2D eigenvalue weighted by atomic mass is 10.0. The summed E-state index contributed by atoms with van der Waals surface area (Å²) < 4.78 is 1.26. The summed E-state index contributed by atoms with van der Waals surface area (Å²) in [6, 6.07) is 0.645. The molecule has 2 heterocycles. The normalized spacial score (nSPS) is 23.3. The number of nitrogens with one attached hydrogen (secondary N) is 1. The number of rotatable bonds is 1. The van der Waals surface area contributed by atoms with Crippen LogP contribution in [0.5, 0.6) is 0 Å². The lowest BCUT2D eigenvalue weighted by Crippen LogP contribution is -2.34. The van der Waals surface area contributed by atoms with Crippen molar-refractivity contribution < 1.29 is 0 Å². The Morgan fingerprint density at radius 3 is 2.82 bits per heavy atom. The van der Waals surface area contributed by atoms with E-state index in [0.717, 1.165) is 0 Å². The number of hydrogen-bond acceptors (Lipinski definition) is 2. The Labute approximate surface area is 78.9 Å². The molecule has 11 heavy (non-hydrogen) atoms. The maximum absolute atomic E-state index is 3.52. The van der Waals surface area contributed by atoms with E-state index in [4.69, 9.17) is 0 Å². The van der Waals surface area contributed by atoms with Crippen LogP contribution in [-0.4, -0.2) is 6.54 Å². The van der Waals surface area contributed by atoms with Crippen molar-refractivity contribution in [2.24, 2.45) is 0 Å². The molecule has 1 aromatic rings. The average molecular weight is 232 g/mol. The van der Waals surface area contributed by atoms with Crippen LogP contribution < -0.4 is 5.32 Å². The summed E-state index contributed by atoms with van der Waals surface area (Å²) >= 11 is 5.37. The molecule has 0 spiro atoms. The number of thiophene rings is 1. The van der Waals surface area contributed by atoms with Crippen molar-refractivity contribution in [2.75, 3.05) is 6.54 Å². The maximum atomic E-state index is 3.52. The Bertz CT molecular complexity index is 265. The van der Waals surface area contributed by atoms with Crippen molar-refractivity contribution in [1.29, 1.82) is 0 Å². The topological polar surface area (TPSA) is 12.0 Å². The molecule has 0 unspecified atom stereocenters. The molecule has 1 aromatic heterocycles. The highest BCUT2D eigenvalue weighted by molar-refractivity contribution is 9.10. The first kappa shape index (κ1) is 7.77. The van der Waals surface area contributed by atoms with Gasteiger partial charge in [0.25, 0.3) is 0 Å². The van der Waals surface area contributed by atoms with Gasteiger partial charge in [0.15, 0.2) is 0 Å². The van der Waals surface area contributed by atoms with Gasteiger partial charge in [-0.1, -0.05) is 0 Å². The van der Waals surface area contributed by atoms with Gasteiger partial charge >= 0.3 is 0 Å². The second-order valence-electron chi connectivity index (χ2n) is 2.87. The summed E-state index contributed by atoms with van der Waals surface area (Å²) in [7, 11) is 0. The molecule has 1 fully saturated rings. The summed E-state index contributed by atoms with van der Waals surface area (Å²) in [4.78, 5) is 1.50. The standard InChI is InChI=1S/C8H10BrNS/c1-5-6(9)4-11-8(5)7-2-3-10-7/h4,7,10H,2-3H2,1H3/t7-/m1/s1. The largest absolute Gasteiger partial charge is 0.309 e. The zero-order valence-corrected chi connectivity index (χ0v) is 8.76. The first-order chi connectivity index (χ1) is 5.29. The van der Waals surface area contributed by atoms with E-state index in [9.17, 15) is 0 Å². The van der Waals surface area contributed by atoms with Crippen LogP contribution in [0.3, 0.4) is 0 Å². The van der Waals surface area contributed by atoms with E-state index >= 15 is 0 Å². The molecule has 60 valence electrons. The van der Waals surface area contributed by atoms with Gasteiger partial charge in [-0.3, -0.25) is 0 Å². The molecule has 0 aliphatic carbocycles. The molecule has 1 aliphatic heterocycles. The molecule has 0 amide bonds. The third-order valence-electron chi connectivity index (χ3n) is 2.16. The summed E-state index contributed by atoms with van der Waals surface area (Å²) in [6.45, 7) is 3.36. The van der Waals surface area contributed by atoms with Gasteiger partial charge in [0, 0.05) is 20.8 Å². The van der Waals surface area contributed by atoms with Gasteiger partial charge in [-0.25, -0.2) is 0 Å². The Kier molecular flexibility index (Phi) is 2.04. The smallest absolute Gasteiger partial charge is 0.0430 e. The highest BCUT2D eigenvalue weighted by atomic mass is 79.9. The first-order valence-corrected chi connectivity index (χ1v) is 5.43. The van der Waals surface area contributed by atoms with Gasteiger partial charge in [0.05, 0.1) is 0 Å². The quantitative estimate of drug-likeness (QED) is 0.785. The summed E-state index contributed by atoms with van der Waals surface area (Å²) in [6.07, 6.45) is 1.30. The predicted molar refractivity (Wildman–Crippen MR) is 52.1 cm³/mol. The molecule has 1 nitrogen and oxygen atoms in total. The van der Waals surface area contributed by atoms with Crippen LogP contribution in [0.25, 0.3) is 0 Å². The minimum atomic E-state index is 0.645. The van der Waals surface area contributed by atoms with E-state index in [1.807, 2.05) is 11.3 Å². The Balaban J connectivity index is 2.29. The van der Waals surface area contributed by atoms with Gasteiger partial charge in [0.2, 0.25) is 0 Å². The number of hydrogen-bond donors (Lipinski definition) is 1. The summed E-state index contributed by atoms with van der Waals surface area (Å²) in [5.74, 6) is 0. The fraction of sp³-hybridized carbons (Fsp3) is 0.500. The molecule has 1 saturated heterocycles. The van der Waals surface area contributed by atoms with Gasteiger partial charge in [-0.15, -0.1) is 11.3 Å². The third kappa shape index (κ3) is 1.25. The average Bonchev–Trinajstić information content (AvgIpc) is 2.15. The molecule has 3 heteroatoms. The molecular weight excluding hydrogens is 222 g/mol. The van der Waals surface area contributed by atoms with Gasteiger partial charge in [-0.05, 0) is 41.4 Å². The third-order valence-corrected chi connectivity index (χ3v) is 4.48. The van der Waals surface area contributed by atoms with Crippen LogP contribution in [0, 0.1) is 6.92 Å². The Morgan fingerprint density at radius 1 is 1.73 bits per heavy atom. The minimum Gasteiger partial charge on any atom is -0.309 e. The predicted octanol–water partition coefficient (Wildman–Crippen LogP) is 2.85.